The molecule has 2 heteroatoms. The van der Waals surface area contributed by atoms with Gasteiger partial charge in [-0.1, -0.05) is 70.9 Å². The molecule has 1 aromatic carbocycles. The highest BCUT2D eigenvalue weighted by Gasteiger charge is 2.02. The first-order valence-electron chi connectivity index (χ1n) is 8.65. The van der Waals surface area contributed by atoms with Crippen LogP contribution in [-0.2, 0) is 11.2 Å². The van der Waals surface area contributed by atoms with E-state index in [1.165, 1.54) is 50.5 Å². The van der Waals surface area contributed by atoms with Crippen molar-refractivity contribution < 1.29 is 4.79 Å². The molecule has 0 aliphatic carbocycles. The molecule has 0 bridgehead atoms. The molecule has 0 aliphatic rings. The monoisotopic (exact) mass is 289 g/mol. The molecule has 0 radical (unpaired) electrons. The average molecular weight is 289 g/mol. The standard InChI is InChI=1S/C19H31NO/c1-3-5-6-7-8-9-10-11-12-19(21)20-18-15-13-17(4-2)14-16-18/h13-16H,3-12H2,1-2H3,(H,20,21). The van der Waals surface area contributed by atoms with Gasteiger partial charge in [0.1, 0.15) is 0 Å². The number of amides is 1. The first-order valence-corrected chi connectivity index (χ1v) is 8.65. The molecular formula is C19H31NO. The summed E-state index contributed by atoms with van der Waals surface area (Å²) in [5, 5.41) is 2.97. The van der Waals surface area contributed by atoms with Gasteiger partial charge in [0.15, 0.2) is 0 Å². The molecule has 1 aromatic rings. The summed E-state index contributed by atoms with van der Waals surface area (Å²) in [6.07, 6.45) is 11.8. The number of hydrogen-bond acceptors (Lipinski definition) is 1. The zero-order valence-corrected chi connectivity index (χ0v) is 13.8. The summed E-state index contributed by atoms with van der Waals surface area (Å²) in [7, 11) is 0. The topological polar surface area (TPSA) is 29.1 Å². The van der Waals surface area contributed by atoms with E-state index in [2.05, 4.69) is 31.3 Å². The van der Waals surface area contributed by atoms with E-state index in [4.69, 9.17) is 0 Å². The maximum atomic E-state index is 11.8. The molecule has 0 spiro atoms. The van der Waals surface area contributed by atoms with Gasteiger partial charge in [-0.3, -0.25) is 4.79 Å². The van der Waals surface area contributed by atoms with E-state index < -0.39 is 0 Å². The number of hydrogen-bond donors (Lipinski definition) is 1. The SMILES string of the molecule is CCCCCCCCCCC(=O)Nc1ccc(CC)cc1. The van der Waals surface area contributed by atoms with Gasteiger partial charge in [-0.05, 0) is 30.5 Å². The van der Waals surface area contributed by atoms with Gasteiger partial charge in [-0.15, -0.1) is 0 Å². The molecular weight excluding hydrogens is 258 g/mol. The summed E-state index contributed by atoms with van der Waals surface area (Å²) in [6.45, 7) is 4.38. The van der Waals surface area contributed by atoms with Crippen molar-refractivity contribution in [2.45, 2.75) is 78.1 Å². The Morgan fingerprint density at radius 1 is 0.857 bits per heavy atom. The second kappa shape index (κ2) is 11.4. The van der Waals surface area contributed by atoms with Gasteiger partial charge >= 0.3 is 0 Å². The molecule has 1 N–H and O–H groups in total. The predicted molar refractivity (Wildman–Crippen MR) is 91.7 cm³/mol. The fourth-order valence-electron chi connectivity index (χ4n) is 2.47. The quantitative estimate of drug-likeness (QED) is 0.519. The Hall–Kier alpha value is -1.31. The van der Waals surface area contributed by atoms with Crippen LogP contribution in [0.1, 0.15) is 77.2 Å². The predicted octanol–water partition coefficient (Wildman–Crippen LogP) is 5.72. The van der Waals surface area contributed by atoms with Crippen molar-refractivity contribution in [3.8, 4) is 0 Å². The molecule has 118 valence electrons. The Labute approximate surface area is 130 Å². The Bertz CT molecular complexity index is 383. The van der Waals surface area contributed by atoms with Crippen LogP contribution in [0.25, 0.3) is 0 Å². The van der Waals surface area contributed by atoms with Crippen LogP contribution < -0.4 is 5.32 Å². The third-order valence-electron chi connectivity index (χ3n) is 3.90. The second-order valence-corrected chi connectivity index (χ2v) is 5.82. The van der Waals surface area contributed by atoms with Crippen molar-refractivity contribution in [2.75, 3.05) is 5.32 Å². The summed E-state index contributed by atoms with van der Waals surface area (Å²) in [4.78, 5) is 11.8. The molecule has 2 nitrogen and oxygen atoms in total. The lowest BCUT2D eigenvalue weighted by Crippen LogP contribution is -2.10. The van der Waals surface area contributed by atoms with Crippen molar-refractivity contribution in [3.63, 3.8) is 0 Å². The van der Waals surface area contributed by atoms with Crippen LogP contribution in [0.3, 0.4) is 0 Å². The molecule has 0 aliphatic heterocycles. The molecule has 0 unspecified atom stereocenters. The molecule has 1 amide bonds. The van der Waals surface area contributed by atoms with Crippen LogP contribution >= 0.6 is 0 Å². The number of rotatable bonds is 11. The van der Waals surface area contributed by atoms with Crippen LogP contribution in [0.4, 0.5) is 5.69 Å². The maximum absolute atomic E-state index is 11.8. The van der Waals surface area contributed by atoms with Gasteiger partial charge in [0.2, 0.25) is 5.91 Å². The van der Waals surface area contributed by atoms with E-state index in [0.717, 1.165) is 18.5 Å². The van der Waals surface area contributed by atoms with E-state index in [9.17, 15) is 4.79 Å². The number of nitrogens with one attached hydrogen (secondary N) is 1. The van der Waals surface area contributed by atoms with Crippen LogP contribution in [0, 0.1) is 0 Å². The zero-order valence-electron chi connectivity index (χ0n) is 13.8. The highest BCUT2D eigenvalue weighted by molar-refractivity contribution is 5.90. The van der Waals surface area contributed by atoms with Crippen molar-refractivity contribution >= 4 is 11.6 Å². The molecule has 0 saturated carbocycles. The van der Waals surface area contributed by atoms with E-state index in [-0.39, 0.29) is 5.91 Å². The molecule has 0 atom stereocenters. The fourth-order valence-corrected chi connectivity index (χ4v) is 2.47. The number of benzene rings is 1. The third-order valence-corrected chi connectivity index (χ3v) is 3.90. The number of aryl methyl sites for hydroxylation is 1. The number of unbranched alkanes of at least 4 members (excludes halogenated alkanes) is 7. The van der Waals surface area contributed by atoms with Crippen molar-refractivity contribution in [3.05, 3.63) is 29.8 Å². The first-order chi connectivity index (χ1) is 10.3. The fraction of sp³-hybridized carbons (Fsp3) is 0.632. The Kier molecular flexibility index (Phi) is 9.60. The number of carbonyl (C=O) groups is 1. The normalized spacial score (nSPS) is 10.6. The largest absolute Gasteiger partial charge is 0.326 e. The molecule has 0 saturated heterocycles. The van der Waals surface area contributed by atoms with Gasteiger partial charge < -0.3 is 5.32 Å². The van der Waals surface area contributed by atoms with Crippen molar-refractivity contribution in [1.82, 2.24) is 0 Å². The van der Waals surface area contributed by atoms with E-state index in [1.807, 2.05) is 12.1 Å². The van der Waals surface area contributed by atoms with Crippen LogP contribution in [0.2, 0.25) is 0 Å². The highest BCUT2D eigenvalue weighted by atomic mass is 16.1. The van der Waals surface area contributed by atoms with E-state index in [0.29, 0.717) is 6.42 Å². The molecule has 21 heavy (non-hydrogen) atoms. The maximum Gasteiger partial charge on any atom is 0.224 e. The lowest BCUT2D eigenvalue weighted by Gasteiger charge is -2.06. The molecule has 0 heterocycles. The van der Waals surface area contributed by atoms with Crippen LogP contribution in [0.15, 0.2) is 24.3 Å². The molecule has 1 rings (SSSR count). The van der Waals surface area contributed by atoms with E-state index >= 15 is 0 Å². The summed E-state index contributed by atoms with van der Waals surface area (Å²) in [6, 6.07) is 8.13. The van der Waals surface area contributed by atoms with Crippen molar-refractivity contribution in [1.29, 1.82) is 0 Å². The molecule has 0 fully saturated rings. The highest BCUT2D eigenvalue weighted by Crippen LogP contribution is 2.12. The lowest BCUT2D eigenvalue weighted by atomic mass is 10.1. The summed E-state index contributed by atoms with van der Waals surface area (Å²) in [5.41, 5.74) is 2.22. The molecule has 0 aromatic heterocycles. The van der Waals surface area contributed by atoms with Crippen LogP contribution in [-0.4, -0.2) is 5.91 Å². The third kappa shape index (κ3) is 8.54. The van der Waals surface area contributed by atoms with Gasteiger partial charge in [-0.2, -0.15) is 0 Å². The minimum Gasteiger partial charge on any atom is -0.326 e. The smallest absolute Gasteiger partial charge is 0.224 e. The van der Waals surface area contributed by atoms with E-state index in [1.54, 1.807) is 0 Å². The van der Waals surface area contributed by atoms with Crippen LogP contribution in [0.5, 0.6) is 0 Å². The lowest BCUT2D eigenvalue weighted by molar-refractivity contribution is -0.116. The number of carbonyl (C=O) groups excluding carboxylic acids is 1. The summed E-state index contributed by atoms with van der Waals surface area (Å²) in [5.74, 6) is 0.144. The summed E-state index contributed by atoms with van der Waals surface area (Å²) < 4.78 is 0. The minimum atomic E-state index is 0.144. The van der Waals surface area contributed by atoms with Gasteiger partial charge in [0.05, 0.1) is 0 Å². The second-order valence-electron chi connectivity index (χ2n) is 5.82. The average Bonchev–Trinajstić information content (AvgIpc) is 2.50. The minimum absolute atomic E-state index is 0.144. The Balaban J connectivity index is 2.05. The Morgan fingerprint density at radius 2 is 1.43 bits per heavy atom. The Morgan fingerprint density at radius 3 is 2.00 bits per heavy atom. The van der Waals surface area contributed by atoms with Gasteiger partial charge in [0.25, 0.3) is 0 Å². The van der Waals surface area contributed by atoms with Crippen molar-refractivity contribution in [2.24, 2.45) is 0 Å². The van der Waals surface area contributed by atoms with Gasteiger partial charge in [-0.25, -0.2) is 0 Å². The number of anilines is 1. The zero-order chi connectivity index (χ0) is 15.3. The van der Waals surface area contributed by atoms with Gasteiger partial charge in [0, 0.05) is 12.1 Å². The first kappa shape index (κ1) is 17.7. The summed E-state index contributed by atoms with van der Waals surface area (Å²) >= 11 is 0.